The van der Waals surface area contributed by atoms with Crippen LogP contribution in [0.4, 0.5) is 5.69 Å². The van der Waals surface area contributed by atoms with Gasteiger partial charge in [-0.1, -0.05) is 19.1 Å². The van der Waals surface area contributed by atoms with Crippen molar-refractivity contribution in [2.24, 2.45) is 0 Å². The van der Waals surface area contributed by atoms with E-state index in [0.29, 0.717) is 35.5 Å². The predicted molar refractivity (Wildman–Crippen MR) is 116 cm³/mol. The van der Waals surface area contributed by atoms with E-state index in [4.69, 9.17) is 4.74 Å². The summed E-state index contributed by atoms with van der Waals surface area (Å²) in [7, 11) is 0. The minimum absolute atomic E-state index is 0.235. The summed E-state index contributed by atoms with van der Waals surface area (Å²) in [6, 6.07) is 8.50. The topological polar surface area (TPSA) is 86.1 Å². The molecule has 3 aromatic rings. The Morgan fingerprint density at radius 1 is 1.23 bits per heavy atom. The summed E-state index contributed by atoms with van der Waals surface area (Å²) in [4.78, 5) is 35.3. The predicted octanol–water partition coefficient (Wildman–Crippen LogP) is 3.66. The first kappa shape index (κ1) is 20.1. The lowest BCUT2D eigenvalue weighted by atomic mass is 9.95. The number of ether oxygens (including phenoxy) is 1. The third kappa shape index (κ3) is 3.79. The Morgan fingerprint density at radius 3 is 2.83 bits per heavy atom. The molecule has 156 valence electrons. The zero-order chi connectivity index (χ0) is 21.1. The van der Waals surface area contributed by atoms with E-state index in [1.165, 1.54) is 10.9 Å². The van der Waals surface area contributed by atoms with Crippen molar-refractivity contribution in [1.82, 2.24) is 14.5 Å². The number of aromatic nitrogens is 3. The molecule has 2 aromatic heterocycles. The van der Waals surface area contributed by atoms with Gasteiger partial charge >= 0.3 is 0 Å². The number of carbonyl (C=O) groups excluding carboxylic acids is 1. The summed E-state index contributed by atoms with van der Waals surface area (Å²) >= 11 is 0. The number of carbonyl (C=O) groups is 1. The smallest absolute Gasteiger partial charge is 0.263 e. The number of hydrogen-bond donors (Lipinski definition) is 1. The molecule has 7 nitrogen and oxygen atoms in total. The molecule has 0 fully saturated rings. The maximum Gasteiger partial charge on any atom is 0.263 e. The quantitative estimate of drug-likeness (QED) is 0.675. The van der Waals surface area contributed by atoms with Gasteiger partial charge in [-0.2, -0.15) is 0 Å². The van der Waals surface area contributed by atoms with Gasteiger partial charge in [-0.3, -0.25) is 14.2 Å². The molecule has 1 aliphatic carbocycles. The number of nitrogens with zero attached hydrogens (tertiary/aromatic N) is 3. The average Bonchev–Trinajstić information content (AvgIpc) is 2.76. The Bertz CT molecular complexity index is 1140. The van der Waals surface area contributed by atoms with Crippen LogP contribution in [0.1, 0.15) is 50.4 Å². The second-order valence-corrected chi connectivity index (χ2v) is 7.47. The molecule has 30 heavy (non-hydrogen) atoms. The molecule has 0 aliphatic heterocycles. The molecule has 7 heteroatoms. The molecule has 0 saturated carbocycles. The van der Waals surface area contributed by atoms with Crippen molar-refractivity contribution in [3.8, 4) is 5.75 Å². The molecule has 0 bridgehead atoms. The molecule has 1 amide bonds. The molecular weight excluding hydrogens is 380 g/mol. The van der Waals surface area contributed by atoms with Gasteiger partial charge in [0.05, 0.1) is 17.7 Å². The second kappa shape index (κ2) is 8.65. The highest BCUT2D eigenvalue weighted by molar-refractivity contribution is 5.95. The zero-order valence-corrected chi connectivity index (χ0v) is 17.4. The van der Waals surface area contributed by atoms with Gasteiger partial charge < -0.3 is 10.1 Å². The third-order valence-electron chi connectivity index (χ3n) is 5.52. The lowest BCUT2D eigenvalue weighted by Gasteiger charge is -2.20. The van der Waals surface area contributed by atoms with Gasteiger partial charge in [-0.15, -0.1) is 0 Å². The van der Waals surface area contributed by atoms with E-state index >= 15 is 0 Å². The minimum atomic E-state index is -0.680. The third-order valence-corrected chi connectivity index (χ3v) is 5.52. The van der Waals surface area contributed by atoms with E-state index < -0.39 is 6.04 Å². The summed E-state index contributed by atoms with van der Waals surface area (Å²) in [6.07, 6.45) is 5.97. The number of benzene rings is 1. The number of pyridine rings is 1. The van der Waals surface area contributed by atoms with Gasteiger partial charge in [0.2, 0.25) is 5.91 Å². The molecule has 0 unspecified atom stereocenters. The van der Waals surface area contributed by atoms with Crippen LogP contribution in [0.3, 0.4) is 0 Å². The van der Waals surface area contributed by atoms with E-state index in [9.17, 15) is 9.59 Å². The van der Waals surface area contributed by atoms with Crippen LogP contribution in [0.2, 0.25) is 0 Å². The van der Waals surface area contributed by atoms with Gasteiger partial charge in [-0.05, 0) is 62.8 Å². The first-order valence-electron chi connectivity index (χ1n) is 10.5. The molecule has 0 saturated heterocycles. The van der Waals surface area contributed by atoms with Gasteiger partial charge in [0, 0.05) is 5.69 Å². The number of rotatable bonds is 6. The number of fused-ring (bicyclic) bond motifs is 2. The lowest BCUT2D eigenvalue weighted by molar-refractivity contribution is -0.119. The fraction of sp³-hybridized carbons (Fsp3) is 0.391. The van der Waals surface area contributed by atoms with Crippen molar-refractivity contribution < 1.29 is 9.53 Å². The molecular formula is C23H26N4O3. The van der Waals surface area contributed by atoms with Crippen LogP contribution in [0.5, 0.6) is 5.75 Å². The Hall–Kier alpha value is -3.22. The molecule has 4 rings (SSSR count). The number of hydrogen-bond acceptors (Lipinski definition) is 5. The van der Waals surface area contributed by atoms with Crippen LogP contribution in [-0.2, 0) is 17.6 Å². The van der Waals surface area contributed by atoms with Crippen LogP contribution in [0.15, 0.2) is 41.5 Å². The molecule has 0 spiro atoms. The first-order chi connectivity index (χ1) is 14.6. The average molecular weight is 406 g/mol. The maximum absolute atomic E-state index is 13.2. The van der Waals surface area contributed by atoms with E-state index in [-0.39, 0.29) is 11.5 Å². The van der Waals surface area contributed by atoms with Crippen molar-refractivity contribution >= 4 is 22.6 Å². The fourth-order valence-corrected chi connectivity index (χ4v) is 3.98. The van der Waals surface area contributed by atoms with Crippen LogP contribution in [-0.4, -0.2) is 27.0 Å². The van der Waals surface area contributed by atoms with Gasteiger partial charge in [0.1, 0.15) is 18.1 Å². The SMILES string of the molecule is CCOc1ccccc1NC(=O)[C@@H](CC)n1cnc2nc3c(cc2c1=O)CCCC3. The normalized spacial score (nSPS) is 14.2. The van der Waals surface area contributed by atoms with Gasteiger partial charge in [-0.25, -0.2) is 9.97 Å². The van der Waals surface area contributed by atoms with Gasteiger partial charge in [0.15, 0.2) is 5.65 Å². The van der Waals surface area contributed by atoms with Crippen molar-refractivity contribution in [1.29, 1.82) is 0 Å². The zero-order valence-electron chi connectivity index (χ0n) is 17.4. The minimum Gasteiger partial charge on any atom is -0.492 e. The molecule has 2 heterocycles. The van der Waals surface area contributed by atoms with E-state index in [2.05, 4.69) is 15.3 Å². The molecule has 1 atom stereocenters. The van der Waals surface area contributed by atoms with E-state index in [1.807, 2.05) is 32.0 Å². The summed E-state index contributed by atoms with van der Waals surface area (Å²) in [5, 5.41) is 3.37. The standard InChI is InChI=1S/C23H26N4O3/c1-3-19(22(28)26-18-11-7-8-12-20(18)30-4-2)27-14-24-21-16(23(27)29)13-15-9-5-6-10-17(15)25-21/h7-8,11-14,19H,3-6,9-10H2,1-2H3,(H,26,28)/t19-/m1/s1. The highest BCUT2D eigenvalue weighted by Gasteiger charge is 2.23. The van der Waals surface area contributed by atoms with Gasteiger partial charge in [0.25, 0.3) is 5.56 Å². The largest absolute Gasteiger partial charge is 0.492 e. The monoisotopic (exact) mass is 406 g/mol. The number of nitrogens with one attached hydrogen (secondary N) is 1. The highest BCUT2D eigenvalue weighted by atomic mass is 16.5. The van der Waals surface area contributed by atoms with Crippen molar-refractivity contribution in [2.45, 2.75) is 52.0 Å². The number of amides is 1. The molecule has 1 N–H and O–H groups in total. The summed E-state index contributed by atoms with van der Waals surface area (Å²) in [5.41, 5.74) is 2.96. The Kier molecular flexibility index (Phi) is 5.79. The number of aryl methyl sites for hydroxylation is 2. The summed E-state index contributed by atoms with van der Waals surface area (Å²) in [6.45, 7) is 4.26. The lowest BCUT2D eigenvalue weighted by Crippen LogP contribution is -2.33. The summed E-state index contributed by atoms with van der Waals surface area (Å²) < 4.78 is 7.00. The van der Waals surface area contributed by atoms with E-state index in [1.54, 1.807) is 12.1 Å². The van der Waals surface area contributed by atoms with E-state index in [0.717, 1.165) is 36.9 Å². The Balaban J connectivity index is 1.68. The highest BCUT2D eigenvalue weighted by Crippen LogP contribution is 2.26. The second-order valence-electron chi connectivity index (χ2n) is 7.47. The maximum atomic E-state index is 13.2. The number of para-hydroxylation sites is 2. The Labute approximate surface area is 175 Å². The fourth-order valence-electron chi connectivity index (χ4n) is 3.98. The van der Waals surface area contributed by atoms with Crippen LogP contribution < -0.4 is 15.6 Å². The van der Waals surface area contributed by atoms with Crippen LogP contribution in [0.25, 0.3) is 11.0 Å². The van der Waals surface area contributed by atoms with Crippen molar-refractivity contribution in [3.63, 3.8) is 0 Å². The number of anilines is 1. The van der Waals surface area contributed by atoms with Crippen LogP contribution in [0, 0.1) is 0 Å². The first-order valence-corrected chi connectivity index (χ1v) is 10.5. The molecule has 0 radical (unpaired) electrons. The molecule has 1 aromatic carbocycles. The van der Waals surface area contributed by atoms with Crippen molar-refractivity contribution in [2.75, 3.05) is 11.9 Å². The Morgan fingerprint density at radius 2 is 2.03 bits per heavy atom. The van der Waals surface area contributed by atoms with Crippen molar-refractivity contribution in [3.05, 3.63) is 58.3 Å². The summed E-state index contributed by atoms with van der Waals surface area (Å²) in [5.74, 6) is 0.321. The molecule has 1 aliphatic rings. The van der Waals surface area contributed by atoms with Crippen LogP contribution >= 0.6 is 0 Å².